The Balaban J connectivity index is 1.50. The minimum Gasteiger partial charge on any atom is -0.339 e. The third kappa shape index (κ3) is 4.61. The summed E-state index contributed by atoms with van der Waals surface area (Å²) in [4.78, 5) is 32.7. The molecule has 0 unspecified atom stereocenters. The molecular weight excluding hydrogens is 442 g/mol. The first-order chi connectivity index (χ1) is 15.5. The van der Waals surface area contributed by atoms with E-state index in [4.69, 9.17) is 11.6 Å². The predicted molar refractivity (Wildman–Crippen MR) is 132 cm³/mol. The molecule has 0 fully saturated rings. The summed E-state index contributed by atoms with van der Waals surface area (Å²) in [6, 6.07) is 17.1. The van der Waals surface area contributed by atoms with Gasteiger partial charge >= 0.3 is 0 Å². The Morgan fingerprint density at radius 2 is 1.75 bits per heavy atom. The van der Waals surface area contributed by atoms with Crippen molar-refractivity contribution in [3.8, 4) is 10.4 Å². The van der Waals surface area contributed by atoms with Gasteiger partial charge in [0.15, 0.2) is 0 Å². The zero-order chi connectivity index (χ0) is 22.7. The third-order valence-corrected chi connectivity index (χ3v) is 6.94. The fourth-order valence-electron chi connectivity index (χ4n) is 3.62. The molecule has 0 aliphatic heterocycles. The highest BCUT2D eigenvalue weighted by Gasteiger charge is 2.13. The Hall–Kier alpha value is -2.96. The number of aryl methyl sites for hydroxylation is 2. The van der Waals surface area contributed by atoms with Crippen molar-refractivity contribution in [2.75, 3.05) is 13.1 Å². The molecule has 0 N–H and O–H groups in total. The van der Waals surface area contributed by atoms with Crippen molar-refractivity contribution in [3.63, 3.8) is 0 Å². The van der Waals surface area contributed by atoms with Crippen molar-refractivity contribution in [3.05, 3.63) is 87.4 Å². The van der Waals surface area contributed by atoms with Gasteiger partial charge in [0.2, 0.25) is 0 Å². The Labute approximate surface area is 195 Å². The van der Waals surface area contributed by atoms with Crippen LogP contribution in [0.2, 0.25) is 5.02 Å². The van der Waals surface area contributed by atoms with Gasteiger partial charge in [-0.3, -0.25) is 14.2 Å². The number of thiophene rings is 1. The van der Waals surface area contributed by atoms with Crippen LogP contribution >= 0.6 is 22.9 Å². The monoisotopic (exact) mass is 465 g/mol. The average Bonchev–Trinajstić information content (AvgIpc) is 3.25. The summed E-state index contributed by atoms with van der Waals surface area (Å²) < 4.78 is 2.30. The molecule has 0 aliphatic rings. The maximum Gasteiger partial charge on any atom is 0.271 e. The third-order valence-electron chi connectivity index (χ3n) is 5.53. The molecule has 0 bridgehead atoms. The first kappa shape index (κ1) is 22.2. The summed E-state index contributed by atoms with van der Waals surface area (Å²) >= 11 is 7.43. The van der Waals surface area contributed by atoms with E-state index >= 15 is 0 Å². The molecule has 2 aromatic heterocycles. The van der Waals surface area contributed by atoms with E-state index < -0.39 is 0 Å². The number of nitrogens with zero attached hydrogens (tertiary/aromatic N) is 3. The highest BCUT2D eigenvalue weighted by atomic mass is 35.5. The van der Waals surface area contributed by atoms with Crippen LogP contribution in [0.1, 0.15) is 29.8 Å². The Morgan fingerprint density at radius 1 is 1.06 bits per heavy atom. The fourth-order valence-corrected chi connectivity index (χ4v) is 4.81. The lowest BCUT2D eigenvalue weighted by Gasteiger charge is -2.18. The van der Waals surface area contributed by atoms with Crippen LogP contribution in [0.5, 0.6) is 0 Å². The summed E-state index contributed by atoms with van der Waals surface area (Å²) in [6.07, 6.45) is 2.30. The normalized spacial score (nSPS) is 11.1. The maximum atomic E-state index is 13.0. The van der Waals surface area contributed by atoms with Gasteiger partial charge in [0.05, 0.1) is 11.8 Å². The molecule has 2 heterocycles. The topological polar surface area (TPSA) is 55.2 Å². The van der Waals surface area contributed by atoms with E-state index in [-0.39, 0.29) is 11.5 Å². The summed E-state index contributed by atoms with van der Waals surface area (Å²) in [5.41, 5.74) is 3.45. The van der Waals surface area contributed by atoms with Crippen LogP contribution in [0.15, 0.2) is 65.7 Å². The van der Waals surface area contributed by atoms with Gasteiger partial charge in [-0.25, -0.2) is 4.98 Å². The Kier molecular flexibility index (Phi) is 6.72. The van der Waals surface area contributed by atoms with Crippen LogP contribution in [-0.2, 0) is 13.0 Å². The molecule has 2 aromatic carbocycles. The minimum atomic E-state index is -0.0338. The van der Waals surface area contributed by atoms with Gasteiger partial charge in [-0.05, 0) is 61.7 Å². The summed E-state index contributed by atoms with van der Waals surface area (Å²) in [5, 5.41) is 0.681. The second kappa shape index (κ2) is 9.67. The second-order valence-electron chi connectivity index (χ2n) is 7.50. The van der Waals surface area contributed by atoms with E-state index in [1.54, 1.807) is 15.8 Å². The number of fused-ring (bicyclic) bond motifs is 1. The van der Waals surface area contributed by atoms with Crippen LogP contribution in [0.25, 0.3) is 20.7 Å². The van der Waals surface area contributed by atoms with Crippen LogP contribution < -0.4 is 5.56 Å². The molecule has 0 saturated carbocycles. The molecule has 1 amide bonds. The molecule has 0 radical (unpaired) electrons. The number of rotatable bonds is 7. The van der Waals surface area contributed by atoms with E-state index in [9.17, 15) is 9.59 Å². The number of aromatic nitrogens is 2. The molecule has 4 rings (SSSR count). The minimum absolute atomic E-state index is 0.0338. The lowest BCUT2D eigenvalue weighted by Crippen LogP contribution is -2.30. The zero-order valence-electron chi connectivity index (χ0n) is 18.0. The van der Waals surface area contributed by atoms with E-state index in [1.807, 2.05) is 68.4 Å². The van der Waals surface area contributed by atoms with Gasteiger partial charge in [0.1, 0.15) is 4.70 Å². The molecular formula is C25H24ClN3O2S. The van der Waals surface area contributed by atoms with Crippen molar-refractivity contribution < 1.29 is 4.79 Å². The second-order valence-corrected chi connectivity index (χ2v) is 8.99. The molecule has 7 heteroatoms. The van der Waals surface area contributed by atoms with Gasteiger partial charge in [-0.1, -0.05) is 35.9 Å². The lowest BCUT2D eigenvalue weighted by atomic mass is 10.1. The van der Waals surface area contributed by atoms with Crippen LogP contribution in [-0.4, -0.2) is 33.4 Å². The van der Waals surface area contributed by atoms with Crippen molar-refractivity contribution in [2.45, 2.75) is 26.8 Å². The molecule has 0 aliphatic carbocycles. The summed E-state index contributed by atoms with van der Waals surface area (Å²) in [5.74, 6) is 0.0432. The smallest absolute Gasteiger partial charge is 0.271 e. The van der Waals surface area contributed by atoms with Crippen LogP contribution in [0.3, 0.4) is 0 Å². The SMILES string of the molecule is CCN(CC)C(=O)c1ccc(CCn2cnc3cc(-c4ccc(Cl)cc4)sc3c2=O)cc1. The molecule has 0 atom stereocenters. The number of carbonyl (C=O) groups is 1. The van der Waals surface area contributed by atoms with E-state index in [0.29, 0.717) is 46.9 Å². The van der Waals surface area contributed by atoms with Gasteiger partial charge in [-0.2, -0.15) is 0 Å². The van der Waals surface area contributed by atoms with E-state index in [1.165, 1.54) is 11.3 Å². The standard InChI is InChI=1S/C25H24ClN3O2S/c1-3-28(4-2)24(30)19-7-5-17(6-8-19)13-14-29-16-27-21-15-22(32-23(21)25(29)31)18-9-11-20(26)12-10-18/h5-12,15-16H,3-4,13-14H2,1-2H3. The molecule has 0 spiro atoms. The maximum absolute atomic E-state index is 13.0. The molecule has 4 aromatic rings. The van der Waals surface area contributed by atoms with Crippen molar-refractivity contribution in [1.29, 1.82) is 0 Å². The summed E-state index contributed by atoms with van der Waals surface area (Å²) in [7, 11) is 0. The number of benzene rings is 2. The molecule has 0 saturated heterocycles. The Morgan fingerprint density at radius 3 is 2.41 bits per heavy atom. The largest absolute Gasteiger partial charge is 0.339 e. The number of hydrogen-bond donors (Lipinski definition) is 0. The van der Waals surface area contributed by atoms with E-state index in [2.05, 4.69) is 4.98 Å². The lowest BCUT2D eigenvalue weighted by molar-refractivity contribution is 0.0773. The first-order valence-corrected chi connectivity index (χ1v) is 11.8. The van der Waals surface area contributed by atoms with Gasteiger partial charge in [-0.15, -0.1) is 11.3 Å². The van der Waals surface area contributed by atoms with Gasteiger partial charge < -0.3 is 4.90 Å². The highest BCUT2D eigenvalue weighted by molar-refractivity contribution is 7.22. The first-order valence-electron chi connectivity index (χ1n) is 10.6. The number of carbonyl (C=O) groups excluding carboxylic acids is 1. The predicted octanol–water partition coefficient (Wildman–Crippen LogP) is 5.50. The van der Waals surface area contributed by atoms with Crippen molar-refractivity contribution >= 4 is 39.1 Å². The number of halogens is 1. The van der Waals surface area contributed by atoms with Crippen LogP contribution in [0.4, 0.5) is 0 Å². The van der Waals surface area contributed by atoms with Crippen LogP contribution in [0, 0.1) is 0 Å². The quantitative estimate of drug-likeness (QED) is 0.362. The molecule has 5 nitrogen and oxygen atoms in total. The van der Waals surface area contributed by atoms with Gasteiger partial charge in [0, 0.05) is 35.1 Å². The Bertz CT molecular complexity index is 1290. The zero-order valence-corrected chi connectivity index (χ0v) is 19.6. The number of amides is 1. The van der Waals surface area contributed by atoms with Crippen molar-refractivity contribution in [2.24, 2.45) is 0 Å². The average molecular weight is 466 g/mol. The van der Waals surface area contributed by atoms with E-state index in [0.717, 1.165) is 16.0 Å². The number of hydrogen-bond acceptors (Lipinski definition) is 4. The summed E-state index contributed by atoms with van der Waals surface area (Å²) in [6.45, 7) is 5.86. The highest BCUT2D eigenvalue weighted by Crippen LogP contribution is 2.31. The fraction of sp³-hybridized carbons (Fsp3) is 0.240. The molecule has 164 valence electrons. The van der Waals surface area contributed by atoms with Crippen molar-refractivity contribution in [1.82, 2.24) is 14.5 Å². The molecule has 32 heavy (non-hydrogen) atoms. The van der Waals surface area contributed by atoms with Gasteiger partial charge in [0.25, 0.3) is 11.5 Å².